The van der Waals surface area contributed by atoms with Crippen LogP contribution in [0.1, 0.15) is 0 Å². The van der Waals surface area contributed by atoms with Crippen LogP contribution in [0.3, 0.4) is 0 Å². The van der Waals surface area contributed by atoms with Crippen molar-refractivity contribution in [3.63, 3.8) is 0 Å². The third-order valence-electron chi connectivity index (χ3n) is 7.23. The summed E-state index contributed by atoms with van der Waals surface area (Å²) in [6, 6.07) is 29.0. The fourth-order valence-corrected chi connectivity index (χ4v) is 5.46. The Balaban J connectivity index is 0.000000154. The zero-order chi connectivity index (χ0) is 32.5. The van der Waals surface area contributed by atoms with Gasteiger partial charge in [-0.3, -0.25) is 18.7 Å². The number of hydrogen-bond acceptors (Lipinski definition) is 8. The molecule has 0 aliphatic carbocycles. The molecule has 0 atom stereocenters. The lowest BCUT2D eigenvalue weighted by Crippen LogP contribution is -2.39. The zero-order valence-corrected chi connectivity index (χ0v) is 27.0. The summed E-state index contributed by atoms with van der Waals surface area (Å²) in [4.78, 5) is 31.2. The number of aromatic nitrogens is 4. The average molecular weight is 655 g/mol. The fraction of sp³-hybridized carbons (Fsp3) is 0.176. The Morgan fingerprint density at radius 1 is 0.543 bits per heavy atom. The van der Waals surface area contributed by atoms with Crippen molar-refractivity contribution in [1.82, 2.24) is 29.7 Å². The van der Waals surface area contributed by atoms with Crippen LogP contribution in [-0.2, 0) is 0 Å². The highest BCUT2D eigenvalue weighted by Crippen LogP contribution is 2.17. The molecule has 46 heavy (non-hydrogen) atoms. The first kappa shape index (κ1) is 32.5. The molecule has 0 unspecified atom stereocenters. The average Bonchev–Trinajstić information content (AvgIpc) is 3.10. The van der Waals surface area contributed by atoms with E-state index in [1.165, 1.54) is 9.13 Å². The van der Waals surface area contributed by atoms with Crippen LogP contribution in [0.4, 0.5) is 0 Å². The first-order valence-corrected chi connectivity index (χ1v) is 15.4. The summed E-state index contributed by atoms with van der Waals surface area (Å²) in [5.41, 5.74) is 2.65. The van der Waals surface area contributed by atoms with Gasteiger partial charge in [-0.25, -0.2) is 0 Å². The Morgan fingerprint density at radius 3 is 1.22 bits per heavy atom. The number of hydrogen-bond donors (Lipinski definition) is 4. The lowest BCUT2D eigenvalue weighted by Gasteiger charge is -2.11. The Morgan fingerprint density at radius 2 is 0.891 bits per heavy atom. The van der Waals surface area contributed by atoms with Gasteiger partial charge in [0.1, 0.15) is 11.5 Å². The minimum atomic E-state index is -0.130. The summed E-state index contributed by atoms with van der Waals surface area (Å²) < 4.78 is 13.9. The number of piperazine rings is 1. The van der Waals surface area contributed by atoms with Gasteiger partial charge >= 0.3 is 0 Å². The summed E-state index contributed by atoms with van der Waals surface area (Å²) in [5.74, 6) is 1.47. The molecule has 3 heterocycles. The molecule has 0 amide bonds. The van der Waals surface area contributed by atoms with E-state index in [1.807, 2.05) is 36.4 Å². The van der Waals surface area contributed by atoms with Gasteiger partial charge in [-0.15, -0.1) is 0 Å². The second-order valence-corrected chi connectivity index (χ2v) is 10.9. The summed E-state index contributed by atoms with van der Waals surface area (Å²) >= 11 is 10.6. The van der Waals surface area contributed by atoms with E-state index in [4.69, 9.17) is 33.9 Å². The minimum absolute atomic E-state index is 0.130. The lowest BCUT2D eigenvalue weighted by atomic mass is 10.2. The van der Waals surface area contributed by atoms with Crippen molar-refractivity contribution in [2.75, 3.05) is 40.4 Å². The van der Waals surface area contributed by atoms with Crippen molar-refractivity contribution in [1.29, 1.82) is 0 Å². The number of aromatic amines is 2. The maximum absolute atomic E-state index is 12.5. The van der Waals surface area contributed by atoms with Crippen molar-refractivity contribution in [2.45, 2.75) is 0 Å². The van der Waals surface area contributed by atoms with E-state index in [0.29, 0.717) is 31.7 Å². The standard InChI is InChI=1S/2C15H12N2O2S.C4H10N2/c2*1-19-11-8-6-10(7-9-11)17-14(18)12-4-2-3-5-13(12)16-15(17)20;1-2-6-4-3-5-1/h2*2-9H,1H3,(H,16,20);5-6H,1-4H2. The van der Waals surface area contributed by atoms with Gasteiger partial charge in [0.2, 0.25) is 0 Å². The molecule has 1 fully saturated rings. The van der Waals surface area contributed by atoms with E-state index < -0.39 is 0 Å². The lowest BCUT2D eigenvalue weighted by molar-refractivity contribution is 0.414. The third kappa shape index (κ3) is 7.49. The van der Waals surface area contributed by atoms with E-state index in [0.717, 1.165) is 48.7 Å². The van der Waals surface area contributed by atoms with Crippen molar-refractivity contribution >= 4 is 46.2 Å². The van der Waals surface area contributed by atoms with Crippen molar-refractivity contribution in [3.05, 3.63) is 127 Å². The zero-order valence-electron chi connectivity index (χ0n) is 25.4. The van der Waals surface area contributed by atoms with Crippen LogP contribution >= 0.6 is 24.4 Å². The molecule has 0 saturated carbocycles. The molecular weight excluding hydrogens is 621 g/mol. The number of H-pyrrole nitrogens is 2. The van der Waals surface area contributed by atoms with Crippen molar-refractivity contribution < 1.29 is 9.47 Å². The van der Waals surface area contributed by atoms with Crippen LogP contribution < -0.4 is 31.2 Å². The number of benzene rings is 4. The van der Waals surface area contributed by atoms with Crippen molar-refractivity contribution in [2.24, 2.45) is 0 Å². The van der Waals surface area contributed by atoms with Gasteiger partial charge in [-0.2, -0.15) is 0 Å². The van der Waals surface area contributed by atoms with Gasteiger partial charge in [0.25, 0.3) is 11.1 Å². The molecule has 10 nitrogen and oxygen atoms in total. The minimum Gasteiger partial charge on any atom is -0.497 e. The maximum Gasteiger partial charge on any atom is 0.266 e. The Labute approximate surface area is 275 Å². The highest BCUT2D eigenvalue weighted by atomic mass is 32.1. The Kier molecular flexibility index (Phi) is 10.9. The predicted octanol–water partition coefficient (Wildman–Crippen LogP) is 5.29. The van der Waals surface area contributed by atoms with Crippen LogP contribution in [0.2, 0.25) is 0 Å². The monoisotopic (exact) mass is 654 g/mol. The van der Waals surface area contributed by atoms with Gasteiger partial charge < -0.3 is 30.1 Å². The molecule has 0 radical (unpaired) electrons. The summed E-state index contributed by atoms with van der Waals surface area (Å²) in [7, 11) is 3.20. The number of methoxy groups -OCH3 is 2. The smallest absolute Gasteiger partial charge is 0.266 e. The van der Waals surface area contributed by atoms with Crippen LogP contribution in [0.25, 0.3) is 33.2 Å². The van der Waals surface area contributed by atoms with Crippen LogP contribution in [0, 0.1) is 9.54 Å². The van der Waals surface area contributed by atoms with Gasteiger partial charge in [0.05, 0.1) is 47.4 Å². The molecule has 236 valence electrons. The highest BCUT2D eigenvalue weighted by Gasteiger charge is 2.08. The molecule has 7 rings (SSSR count). The summed E-state index contributed by atoms with van der Waals surface area (Å²) in [6.45, 7) is 4.56. The normalized spacial score (nSPS) is 12.4. The second kappa shape index (κ2) is 15.4. The van der Waals surface area contributed by atoms with E-state index in [-0.39, 0.29) is 11.1 Å². The molecule has 1 saturated heterocycles. The molecule has 12 heteroatoms. The second-order valence-electron chi connectivity index (χ2n) is 10.1. The topological polar surface area (TPSA) is 118 Å². The largest absolute Gasteiger partial charge is 0.497 e. The molecule has 1 aliphatic rings. The number of nitrogens with one attached hydrogen (secondary N) is 4. The Bertz CT molecular complexity index is 2010. The number of nitrogens with zero attached hydrogens (tertiary/aromatic N) is 2. The maximum atomic E-state index is 12.5. The quantitative estimate of drug-likeness (QED) is 0.190. The van der Waals surface area contributed by atoms with Gasteiger partial charge in [-0.05, 0) is 97.2 Å². The van der Waals surface area contributed by atoms with E-state index in [2.05, 4.69) is 20.6 Å². The molecule has 0 bridgehead atoms. The molecule has 6 aromatic rings. The fourth-order valence-electron chi connectivity index (χ4n) is 4.86. The molecule has 0 spiro atoms. The summed E-state index contributed by atoms with van der Waals surface area (Å²) in [5, 5.41) is 7.66. The third-order valence-corrected chi connectivity index (χ3v) is 7.80. The van der Waals surface area contributed by atoms with Gasteiger partial charge in [-0.1, -0.05) is 24.3 Å². The van der Waals surface area contributed by atoms with E-state index >= 15 is 0 Å². The molecule has 4 N–H and O–H groups in total. The van der Waals surface area contributed by atoms with Gasteiger partial charge in [0, 0.05) is 26.2 Å². The first-order chi connectivity index (χ1) is 22.4. The SMILES string of the molecule is C1CNCCN1.COc1ccc(-n2c(=S)[nH]c3ccccc3c2=O)cc1.COc1ccc(-n2c(=S)[nH]c3ccccc3c2=O)cc1. The number of ether oxygens (including phenoxy) is 2. The molecule has 2 aromatic heterocycles. The van der Waals surface area contributed by atoms with Crippen molar-refractivity contribution in [3.8, 4) is 22.9 Å². The van der Waals surface area contributed by atoms with Crippen LogP contribution in [0.5, 0.6) is 11.5 Å². The van der Waals surface area contributed by atoms with Crippen LogP contribution in [-0.4, -0.2) is 59.5 Å². The molecule has 1 aliphatic heterocycles. The molecular formula is C34H34N6O4S2. The number of rotatable bonds is 4. The Hall–Kier alpha value is -4.88. The van der Waals surface area contributed by atoms with Crippen LogP contribution in [0.15, 0.2) is 107 Å². The number of para-hydroxylation sites is 2. The number of fused-ring (bicyclic) bond motifs is 2. The van der Waals surface area contributed by atoms with Gasteiger partial charge in [0.15, 0.2) is 9.54 Å². The van der Waals surface area contributed by atoms with E-state index in [1.54, 1.807) is 74.9 Å². The predicted molar refractivity (Wildman–Crippen MR) is 188 cm³/mol. The highest BCUT2D eigenvalue weighted by molar-refractivity contribution is 7.71. The summed E-state index contributed by atoms with van der Waals surface area (Å²) in [6.07, 6.45) is 0. The first-order valence-electron chi connectivity index (χ1n) is 14.6. The molecule has 4 aromatic carbocycles. The van der Waals surface area contributed by atoms with E-state index in [9.17, 15) is 9.59 Å².